The first-order valence-electron chi connectivity index (χ1n) is 9.35. The number of hydrogen-bond acceptors (Lipinski definition) is 6. The number of amides is 1. The smallest absolute Gasteiger partial charge is 0.275 e. The number of fused-ring (bicyclic) bond motifs is 1. The molecule has 3 aromatic rings. The summed E-state index contributed by atoms with van der Waals surface area (Å²) in [6.07, 6.45) is 1.67. The fourth-order valence-corrected chi connectivity index (χ4v) is 4.52. The molecular weight excluding hydrogens is 417 g/mol. The molecule has 7 nitrogen and oxygen atoms in total. The molecule has 0 radical (unpaired) electrons. The zero-order valence-corrected chi connectivity index (χ0v) is 17.3. The predicted molar refractivity (Wildman–Crippen MR) is 111 cm³/mol. The molecule has 1 amide bonds. The zero-order valence-electron chi connectivity index (χ0n) is 15.8. The van der Waals surface area contributed by atoms with Crippen LogP contribution in [0.1, 0.15) is 29.4 Å². The van der Waals surface area contributed by atoms with E-state index in [2.05, 4.69) is 10.1 Å². The Kier molecular flexibility index (Phi) is 5.51. The molecule has 0 bridgehead atoms. The molecule has 0 spiro atoms. The maximum atomic E-state index is 13.2. The van der Waals surface area contributed by atoms with Gasteiger partial charge in [0.2, 0.25) is 10.1 Å². The molecule has 1 fully saturated rings. The molecule has 2 aromatic heterocycles. The van der Waals surface area contributed by atoms with Gasteiger partial charge in [-0.2, -0.15) is 4.52 Å². The highest BCUT2D eigenvalue weighted by Gasteiger charge is 2.25. The molecule has 0 saturated carbocycles. The number of rotatable bonds is 4. The van der Waals surface area contributed by atoms with Crippen molar-refractivity contribution in [1.29, 1.82) is 0 Å². The standard InChI is InChI=1S/C19H19ClFN5O2S/c1-2-3-13-11-16(27)26-18(22-13)29-19(23-26)25-8-6-24(7-9-25)17(28)14-5-4-12(21)10-15(14)20/h4-5,10-11H,2-3,6-9H2,1H3. The van der Waals surface area contributed by atoms with E-state index < -0.39 is 5.82 Å². The van der Waals surface area contributed by atoms with Gasteiger partial charge in [0.05, 0.1) is 10.6 Å². The number of carbonyl (C=O) groups is 1. The molecule has 1 saturated heterocycles. The summed E-state index contributed by atoms with van der Waals surface area (Å²) in [5.41, 5.74) is 0.890. The Bertz CT molecular complexity index is 1120. The van der Waals surface area contributed by atoms with Gasteiger partial charge in [0, 0.05) is 37.9 Å². The number of aryl methyl sites for hydroxylation is 1. The van der Waals surface area contributed by atoms with Crippen LogP contribution in [-0.2, 0) is 6.42 Å². The summed E-state index contributed by atoms with van der Waals surface area (Å²) < 4.78 is 14.6. The third kappa shape index (κ3) is 3.97. The second-order valence-corrected chi connectivity index (χ2v) is 8.16. The molecule has 4 rings (SSSR count). The number of carbonyl (C=O) groups excluding carboxylic acids is 1. The van der Waals surface area contributed by atoms with Gasteiger partial charge in [-0.1, -0.05) is 36.3 Å². The van der Waals surface area contributed by atoms with Gasteiger partial charge >= 0.3 is 0 Å². The van der Waals surface area contributed by atoms with E-state index in [0.717, 1.165) is 24.6 Å². The van der Waals surface area contributed by atoms with Gasteiger partial charge in [-0.05, 0) is 24.6 Å². The highest BCUT2D eigenvalue weighted by molar-refractivity contribution is 7.20. The second kappa shape index (κ2) is 8.08. The molecule has 0 unspecified atom stereocenters. The van der Waals surface area contributed by atoms with Gasteiger partial charge in [0.25, 0.3) is 11.5 Å². The lowest BCUT2D eigenvalue weighted by Crippen LogP contribution is -2.48. The fourth-order valence-electron chi connectivity index (χ4n) is 3.29. The van der Waals surface area contributed by atoms with Gasteiger partial charge in [-0.25, -0.2) is 9.37 Å². The molecule has 152 valence electrons. The van der Waals surface area contributed by atoms with E-state index in [4.69, 9.17) is 11.6 Å². The summed E-state index contributed by atoms with van der Waals surface area (Å²) in [5.74, 6) is -0.695. The van der Waals surface area contributed by atoms with Crippen LogP contribution in [0.15, 0.2) is 29.1 Å². The van der Waals surface area contributed by atoms with Crippen LogP contribution < -0.4 is 10.5 Å². The van der Waals surface area contributed by atoms with Crippen molar-refractivity contribution >= 4 is 38.9 Å². The van der Waals surface area contributed by atoms with Gasteiger partial charge < -0.3 is 9.80 Å². The van der Waals surface area contributed by atoms with Crippen molar-refractivity contribution in [2.75, 3.05) is 31.1 Å². The normalized spacial score (nSPS) is 14.6. The first-order valence-corrected chi connectivity index (χ1v) is 10.5. The average molecular weight is 436 g/mol. The summed E-state index contributed by atoms with van der Waals surface area (Å²) in [6.45, 7) is 4.14. The van der Waals surface area contributed by atoms with E-state index in [-0.39, 0.29) is 16.5 Å². The highest BCUT2D eigenvalue weighted by Crippen LogP contribution is 2.24. The average Bonchev–Trinajstić information content (AvgIpc) is 3.13. The van der Waals surface area contributed by atoms with E-state index in [1.54, 1.807) is 4.90 Å². The van der Waals surface area contributed by atoms with Crippen LogP contribution in [-0.4, -0.2) is 51.6 Å². The third-order valence-corrected chi connectivity index (χ3v) is 6.07. The summed E-state index contributed by atoms with van der Waals surface area (Å²) >= 11 is 7.39. The second-order valence-electron chi connectivity index (χ2n) is 6.82. The lowest BCUT2D eigenvalue weighted by molar-refractivity contribution is 0.0747. The monoisotopic (exact) mass is 435 g/mol. The van der Waals surface area contributed by atoms with Crippen molar-refractivity contribution in [3.63, 3.8) is 0 Å². The van der Waals surface area contributed by atoms with Crippen molar-refractivity contribution in [3.05, 3.63) is 56.7 Å². The molecule has 1 aliphatic rings. The summed E-state index contributed by atoms with van der Waals surface area (Å²) in [5, 5.41) is 5.22. The van der Waals surface area contributed by atoms with Crippen LogP contribution in [0.5, 0.6) is 0 Å². The minimum atomic E-state index is -0.474. The largest absolute Gasteiger partial charge is 0.343 e. The first kappa shape index (κ1) is 19.8. The molecule has 0 atom stereocenters. The topological polar surface area (TPSA) is 70.8 Å². The number of aromatic nitrogens is 3. The zero-order chi connectivity index (χ0) is 20.5. The van der Waals surface area contributed by atoms with Gasteiger partial charge in [0.15, 0.2) is 0 Å². The van der Waals surface area contributed by atoms with Gasteiger partial charge in [0.1, 0.15) is 5.82 Å². The Balaban J connectivity index is 1.48. The molecule has 10 heteroatoms. The predicted octanol–water partition coefficient (Wildman–Crippen LogP) is 2.86. The quantitative estimate of drug-likeness (QED) is 0.630. The third-order valence-electron chi connectivity index (χ3n) is 4.79. The van der Waals surface area contributed by atoms with Crippen LogP contribution in [0.3, 0.4) is 0 Å². The van der Waals surface area contributed by atoms with Crippen LogP contribution >= 0.6 is 22.9 Å². The Labute approximate surface area is 175 Å². The Morgan fingerprint density at radius 1 is 1.24 bits per heavy atom. The van der Waals surface area contributed by atoms with E-state index in [0.29, 0.717) is 41.8 Å². The molecule has 1 aliphatic heterocycles. The first-order chi connectivity index (χ1) is 14.0. The summed E-state index contributed by atoms with van der Waals surface area (Å²) in [4.78, 5) is 33.8. The molecule has 29 heavy (non-hydrogen) atoms. The number of hydrogen-bond donors (Lipinski definition) is 0. The Morgan fingerprint density at radius 2 is 2.00 bits per heavy atom. The molecule has 3 heterocycles. The fraction of sp³-hybridized carbons (Fsp3) is 0.368. The van der Waals surface area contributed by atoms with Gasteiger partial charge in [-0.15, -0.1) is 5.10 Å². The minimum absolute atomic E-state index is 0.108. The number of benzene rings is 1. The summed E-state index contributed by atoms with van der Waals surface area (Å²) in [7, 11) is 0. The van der Waals surface area contributed by atoms with E-state index in [9.17, 15) is 14.0 Å². The SMILES string of the molecule is CCCc1cc(=O)n2nc(N3CCN(C(=O)c4ccc(F)cc4Cl)CC3)sc2n1. The van der Waals surface area contributed by atoms with E-state index >= 15 is 0 Å². The van der Waals surface area contributed by atoms with Crippen LogP contribution in [0.4, 0.5) is 9.52 Å². The summed E-state index contributed by atoms with van der Waals surface area (Å²) in [6, 6.07) is 5.31. The van der Waals surface area contributed by atoms with E-state index in [1.807, 2.05) is 11.8 Å². The van der Waals surface area contributed by atoms with Gasteiger partial charge in [-0.3, -0.25) is 9.59 Å². The molecule has 0 aliphatic carbocycles. The van der Waals surface area contributed by atoms with Crippen LogP contribution in [0.25, 0.3) is 4.96 Å². The molecule has 0 N–H and O–H groups in total. The van der Waals surface area contributed by atoms with Crippen molar-refractivity contribution in [2.24, 2.45) is 0 Å². The lowest BCUT2D eigenvalue weighted by atomic mass is 10.1. The Hall–Kier alpha value is -2.52. The van der Waals surface area contributed by atoms with Crippen LogP contribution in [0.2, 0.25) is 5.02 Å². The number of anilines is 1. The Morgan fingerprint density at radius 3 is 2.69 bits per heavy atom. The molecular formula is C19H19ClFN5O2S. The maximum absolute atomic E-state index is 13.2. The minimum Gasteiger partial charge on any atom is -0.343 e. The number of nitrogens with zero attached hydrogens (tertiary/aromatic N) is 5. The number of piperazine rings is 1. The van der Waals surface area contributed by atoms with Crippen molar-refractivity contribution < 1.29 is 9.18 Å². The van der Waals surface area contributed by atoms with Crippen molar-refractivity contribution in [1.82, 2.24) is 19.5 Å². The highest BCUT2D eigenvalue weighted by atomic mass is 35.5. The maximum Gasteiger partial charge on any atom is 0.275 e. The van der Waals surface area contributed by atoms with Crippen molar-refractivity contribution in [2.45, 2.75) is 19.8 Å². The lowest BCUT2D eigenvalue weighted by Gasteiger charge is -2.34. The van der Waals surface area contributed by atoms with Crippen molar-refractivity contribution in [3.8, 4) is 0 Å². The number of halogens is 2. The molecule has 1 aromatic carbocycles. The van der Waals surface area contributed by atoms with Crippen LogP contribution in [0, 0.1) is 5.82 Å². The van der Waals surface area contributed by atoms with E-state index in [1.165, 1.54) is 34.1 Å².